The number of nitrogens with zero attached hydrogens (tertiary/aromatic N) is 1. The number of ether oxygens (including phenoxy) is 1. The van der Waals surface area contributed by atoms with Gasteiger partial charge in [-0.2, -0.15) is 23.5 Å². The second-order valence-corrected chi connectivity index (χ2v) is 11.2. The number of hydrogen-bond donors (Lipinski definition) is 4. The van der Waals surface area contributed by atoms with Crippen LogP contribution in [0.25, 0.3) is 0 Å². The Morgan fingerprint density at radius 1 is 0.838 bits per heavy atom. The van der Waals surface area contributed by atoms with Crippen molar-refractivity contribution >= 4 is 29.2 Å². The average Bonchev–Trinajstić information content (AvgIpc) is 3.13. The molecule has 1 unspecified atom stereocenters. The minimum atomic E-state index is 0.501. The summed E-state index contributed by atoms with van der Waals surface area (Å²) in [5.41, 5.74) is 15.1. The summed E-state index contributed by atoms with van der Waals surface area (Å²) in [6.07, 6.45) is 2.33. The van der Waals surface area contributed by atoms with Crippen LogP contribution in [-0.2, 0) is 11.5 Å². The molecule has 208 valence electrons. The first kappa shape index (κ1) is 31.8. The number of nitrogens with one attached hydrogen (secondary N) is 2. The molecule has 0 aromatic heterocycles. The highest BCUT2D eigenvalue weighted by Crippen LogP contribution is 2.18. The number of nitrogens with two attached hydrogens (primary N) is 2. The van der Waals surface area contributed by atoms with Gasteiger partial charge in [0.2, 0.25) is 0 Å². The van der Waals surface area contributed by atoms with Gasteiger partial charge in [-0.25, -0.2) is 0 Å². The predicted molar refractivity (Wildman–Crippen MR) is 166 cm³/mol. The largest absolute Gasteiger partial charge is 0.497 e. The summed E-state index contributed by atoms with van der Waals surface area (Å²) < 4.78 is 5.25. The molecule has 2 aromatic carbocycles. The molecule has 0 radical (unpaired) electrons. The molecule has 3 rings (SSSR count). The molecule has 0 bridgehead atoms. The molecule has 1 heterocycles. The number of thioether (sulfide) groups is 2. The molecule has 1 saturated heterocycles. The van der Waals surface area contributed by atoms with Gasteiger partial charge in [-0.1, -0.05) is 38.1 Å². The summed E-state index contributed by atoms with van der Waals surface area (Å²) in [5, 5.41) is 7.74. The van der Waals surface area contributed by atoms with Gasteiger partial charge >= 0.3 is 0 Å². The number of hydrogen-bond acceptors (Lipinski definition) is 8. The van der Waals surface area contributed by atoms with E-state index in [1.165, 1.54) is 24.0 Å². The Balaban J connectivity index is 0.00000235. The molecule has 0 spiro atoms. The van der Waals surface area contributed by atoms with Gasteiger partial charge in [0.05, 0.1) is 7.11 Å². The molecule has 2 atom stereocenters. The Labute approximate surface area is 234 Å². The zero-order valence-electron chi connectivity index (χ0n) is 23.1. The lowest BCUT2D eigenvalue weighted by Gasteiger charge is -2.27. The van der Waals surface area contributed by atoms with E-state index in [0.29, 0.717) is 12.1 Å². The van der Waals surface area contributed by atoms with Gasteiger partial charge in [-0.15, -0.1) is 0 Å². The first-order valence-corrected chi connectivity index (χ1v) is 16.0. The lowest BCUT2D eigenvalue weighted by molar-refractivity contribution is 0.289. The fourth-order valence-corrected chi connectivity index (χ4v) is 6.07. The van der Waals surface area contributed by atoms with Crippen LogP contribution in [-0.4, -0.2) is 74.9 Å². The predicted octanol–water partition coefficient (Wildman–Crippen LogP) is 4.44. The maximum atomic E-state index is 5.83. The van der Waals surface area contributed by atoms with Crippen LogP contribution in [0.2, 0.25) is 0 Å². The van der Waals surface area contributed by atoms with Gasteiger partial charge in [0.25, 0.3) is 0 Å². The molecule has 1 aliphatic rings. The van der Waals surface area contributed by atoms with E-state index in [9.17, 15) is 0 Å². The third kappa shape index (κ3) is 12.8. The van der Waals surface area contributed by atoms with Crippen LogP contribution in [0, 0.1) is 0 Å². The van der Waals surface area contributed by atoms with Crippen LogP contribution in [0.15, 0.2) is 48.5 Å². The number of rotatable bonds is 15. The number of benzene rings is 2. The van der Waals surface area contributed by atoms with E-state index >= 15 is 0 Å². The van der Waals surface area contributed by atoms with Crippen LogP contribution in [0.4, 0.5) is 5.69 Å². The molecule has 8 heteroatoms. The maximum absolute atomic E-state index is 5.83. The molecule has 0 saturated carbocycles. The van der Waals surface area contributed by atoms with Crippen molar-refractivity contribution in [3.8, 4) is 5.75 Å². The molecule has 1 fully saturated rings. The van der Waals surface area contributed by atoms with Crippen molar-refractivity contribution in [3.63, 3.8) is 0 Å². The highest BCUT2D eigenvalue weighted by atomic mass is 32.2. The van der Waals surface area contributed by atoms with Gasteiger partial charge in [-0.05, 0) is 61.3 Å². The minimum absolute atomic E-state index is 0.501. The summed E-state index contributed by atoms with van der Waals surface area (Å²) in [6.45, 7) is 10.0. The zero-order valence-corrected chi connectivity index (χ0v) is 24.7. The van der Waals surface area contributed by atoms with Crippen molar-refractivity contribution in [2.75, 3.05) is 63.6 Å². The molecule has 1 aliphatic heterocycles. The van der Waals surface area contributed by atoms with Crippen LogP contribution >= 0.6 is 23.5 Å². The van der Waals surface area contributed by atoms with Gasteiger partial charge in [-0.3, -0.25) is 0 Å². The molecule has 0 amide bonds. The molecular formula is C29H49N5OS2. The number of likely N-dealkylation sites (tertiary alicyclic amines) is 1. The highest BCUT2D eigenvalue weighted by molar-refractivity contribution is 7.98. The summed E-state index contributed by atoms with van der Waals surface area (Å²) in [4.78, 5) is 2.52. The Morgan fingerprint density at radius 3 is 1.78 bits per heavy atom. The topological polar surface area (TPSA) is 88.6 Å². The first-order valence-electron chi connectivity index (χ1n) is 13.7. The quantitative estimate of drug-likeness (QED) is 0.192. The Kier molecular flexibility index (Phi) is 16.9. The lowest BCUT2D eigenvalue weighted by atomic mass is 10.0. The van der Waals surface area contributed by atoms with E-state index < -0.39 is 0 Å². The van der Waals surface area contributed by atoms with E-state index in [-0.39, 0.29) is 0 Å². The average molecular weight is 548 g/mol. The van der Waals surface area contributed by atoms with Crippen molar-refractivity contribution in [2.45, 2.75) is 50.3 Å². The first-order chi connectivity index (χ1) is 18.2. The Hall–Kier alpha value is -1.42. The summed E-state index contributed by atoms with van der Waals surface area (Å²) >= 11 is 3.96. The van der Waals surface area contributed by atoms with Gasteiger partial charge in [0, 0.05) is 67.0 Å². The smallest absolute Gasteiger partial charge is 0.118 e. The molecule has 0 aliphatic carbocycles. The van der Waals surface area contributed by atoms with E-state index in [1.54, 1.807) is 7.11 Å². The van der Waals surface area contributed by atoms with Crippen LogP contribution < -0.4 is 26.8 Å². The van der Waals surface area contributed by atoms with Crippen molar-refractivity contribution in [1.29, 1.82) is 0 Å². The second-order valence-electron chi connectivity index (χ2n) is 9.02. The summed E-state index contributed by atoms with van der Waals surface area (Å²) in [7, 11) is 1.71. The third-order valence-electron chi connectivity index (χ3n) is 6.43. The van der Waals surface area contributed by atoms with Crippen LogP contribution in [0.5, 0.6) is 5.75 Å². The number of methoxy groups -OCH3 is 1. The molecular weight excluding hydrogens is 498 g/mol. The highest BCUT2D eigenvalue weighted by Gasteiger charge is 2.25. The van der Waals surface area contributed by atoms with Crippen LogP contribution in [0.1, 0.15) is 37.8 Å². The van der Waals surface area contributed by atoms with E-state index in [2.05, 4.69) is 39.8 Å². The van der Waals surface area contributed by atoms with Crippen molar-refractivity contribution in [2.24, 2.45) is 5.73 Å². The van der Waals surface area contributed by atoms with Crippen molar-refractivity contribution in [3.05, 3.63) is 59.7 Å². The molecule has 2 aromatic rings. The Bertz CT molecular complexity index is 822. The van der Waals surface area contributed by atoms with Gasteiger partial charge in [0.1, 0.15) is 5.75 Å². The van der Waals surface area contributed by atoms with E-state index in [1.807, 2.05) is 61.6 Å². The second kappa shape index (κ2) is 19.6. The van der Waals surface area contributed by atoms with Crippen LogP contribution in [0.3, 0.4) is 0 Å². The fraction of sp³-hybridized carbons (Fsp3) is 0.586. The monoisotopic (exact) mass is 547 g/mol. The van der Waals surface area contributed by atoms with Crippen molar-refractivity contribution in [1.82, 2.24) is 15.5 Å². The maximum Gasteiger partial charge on any atom is 0.118 e. The zero-order chi connectivity index (χ0) is 26.7. The summed E-state index contributed by atoms with van der Waals surface area (Å²) in [6, 6.07) is 17.6. The van der Waals surface area contributed by atoms with E-state index in [0.717, 1.165) is 73.7 Å². The van der Waals surface area contributed by atoms with Crippen molar-refractivity contribution < 1.29 is 4.74 Å². The normalized spacial score (nSPS) is 18.1. The van der Waals surface area contributed by atoms with Gasteiger partial charge < -0.3 is 31.7 Å². The van der Waals surface area contributed by atoms with Gasteiger partial charge in [0.15, 0.2) is 0 Å². The SMILES string of the molecule is CC.COc1ccc(CSCCN[C@@H]2CCN(CCN)CCC2NCCSCc2ccc(N)cc2)cc1. The minimum Gasteiger partial charge on any atom is -0.497 e. The molecule has 6 N–H and O–H groups in total. The number of nitrogen functional groups attached to an aromatic ring is 1. The number of anilines is 1. The lowest BCUT2D eigenvalue weighted by Crippen LogP contribution is -2.49. The molecule has 6 nitrogen and oxygen atoms in total. The Morgan fingerprint density at radius 2 is 1.32 bits per heavy atom. The molecule has 37 heavy (non-hydrogen) atoms. The standard InChI is InChI=1S/C27H43N5OS2.C2H6/c1-33-25-8-4-23(5-9-25)21-35-19-14-31-27-11-16-32(17-12-28)15-10-26(27)30-13-18-34-20-22-2-6-24(29)7-3-22;1-2/h2-9,26-27,30-31H,10-21,28-29H2,1H3;1-2H3/t26?,27-;/m1./s1. The fourth-order valence-electron chi connectivity index (χ4n) is 4.40. The van der Waals surface area contributed by atoms with E-state index in [4.69, 9.17) is 16.2 Å². The third-order valence-corrected chi connectivity index (χ3v) is 8.49. The summed E-state index contributed by atoms with van der Waals surface area (Å²) in [5.74, 6) is 5.20.